The van der Waals surface area contributed by atoms with E-state index < -0.39 is 41.8 Å². The van der Waals surface area contributed by atoms with Gasteiger partial charge >= 0.3 is 5.97 Å². The van der Waals surface area contributed by atoms with E-state index in [4.69, 9.17) is 17.2 Å². The number of rotatable bonds is 13. The van der Waals surface area contributed by atoms with E-state index in [2.05, 4.69) is 20.9 Å². The van der Waals surface area contributed by atoms with Crippen molar-refractivity contribution in [2.75, 3.05) is 13.1 Å². The molecule has 0 aromatic heterocycles. The number of hydrogen-bond donors (Lipinski definition) is 7. The Morgan fingerprint density at radius 2 is 1.59 bits per heavy atom. The fourth-order valence-electron chi connectivity index (χ4n) is 2.39. The van der Waals surface area contributed by atoms with Crippen LogP contribution in [0.4, 0.5) is 0 Å². The fourth-order valence-corrected chi connectivity index (χ4v) is 2.39. The van der Waals surface area contributed by atoms with Crippen molar-refractivity contribution in [1.82, 2.24) is 16.0 Å². The van der Waals surface area contributed by atoms with Gasteiger partial charge in [0.25, 0.3) is 0 Å². The van der Waals surface area contributed by atoms with Gasteiger partial charge in [0.2, 0.25) is 17.7 Å². The smallest absolute Gasteiger partial charge is 0.326 e. The van der Waals surface area contributed by atoms with Crippen LogP contribution >= 0.6 is 0 Å². The summed E-state index contributed by atoms with van der Waals surface area (Å²) in [6, 6.07) is -3.01. The van der Waals surface area contributed by atoms with Gasteiger partial charge in [-0.1, -0.05) is 13.8 Å². The first-order valence-corrected chi connectivity index (χ1v) is 9.36. The molecule has 3 unspecified atom stereocenters. The standard InChI is InChI=1S/C17H33N7O5/c1-9(2)7-12(23-13(25)8-18)15(27)22-10(3)14(26)24-11(16(28)29)5-4-6-21-17(19)20/h9-12H,4-8,18H2,1-3H3,(H,22,27)(H,23,25)(H,24,26)(H,28,29)(H4,19,20,21). The second kappa shape index (κ2) is 13.3. The van der Waals surface area contributed by atoms with E-state index in [0.717, 1.165) is 0 Å². The molecule has 0 saturated heterocycles. The maximum Gasteiger partial charge on any atom is 0.326 e. The SMILES string of the molecule is CC(C)CC(NC(=O)CN)C(=O)NC(C)C(=O)NC(CCCN=C(N)N)C(=O)O. The second-order valence-corrected chi connectivity index (χ2v) is 7.03. The molecule has 0 spiro atoms. The lowest BCUT2D eigenvalue weighted by Gasteiger charge is -2.23. The first kappa shape index (κ1) is 26.1. The monoisotopic (exact) mass is 415 g/mol. The van der Waals surface area contributed by atoms with Crippen molar-refractivity contribution in [3.8, 4) is 0 Å². The number of carbonyl (C=O) groups is 4. The topological polar surface area (TPSA) is 215 Å². The van der Waals surface area contributed by atoms with Gasteiger partial charge in [-0.15, -0.1) is 0 Å². The average molecular weight is 415 g/mol. The Hall–Kier alpha value is -2.89. The summed E-state index contributed by atoms with van der Waals surface area (Å²) in [5.41, 5.74) is 15.7. The van der Waals surface area contributed by atoms with Crippen LogP contribution in [-0.4, -0.2) is 66.0 Å². The fraction of sp³-hybridized carbons (Fsp3) is 0.706. The molecule has 0 bridgehead atoms. The van der Waals surface area contributed by atoms with Crippen LogP contribution in [0, 0.1) is 5.92 Å². The van der Waals surface area contributed by atoms with Crippen molar-refractivity contribution in [3.63, 3.8) is 0 Å². The molecule has 3 amide bonds. The molecule has 0 aliphatic rings. The summed E-state index contributed by atoms with van der Waals surface area (Å²) in [6.45, 7) is 5.14. The highest BCUT2D eigenvalue weighted by Crippen LogP contribution is 2.06. The third kappa shape index (κ3) is 11.5. The van der Waals surface area contributed by atoms with E-state index in [1.165, 1.54) is 6.92 Å². The first-order valence-electron chi connectivity index (χ1n) is 9.36. The summed E-state index contributed by atoms with van der Waals surface area (Å²) in [6.07, 6.45) is 0.812. The van der Waals surface area contributed by atoms with Gasteiger partial charge in [-0.05, 0) is 32.1 Å². The molecule has 3 atom stereocenters. The van der Waals surface area contributed by atoms with Crippen molar-refractivity contribution >= 4 is 29.7 Å². The van der Waals surface area contributed by atoms with E-state index in [-0.39, 0.29) is 31.4 Å². The van der Waals surface area contributed by atoms with Crippen molar-refractivity contribution in [2.45, 2.75) is 58.2 Å². The Labute approximate surface area is 170 Å². The number of carboxylic acid groups (broad SMARTS) is 1. The van der Waals surface area contributed by atoms with E-state index >= 15 is 0 Å². The lowest BCUT2D eigenvalue weighted by atomic mass is 10.0. The summed E-state index contributed by atoms with van der Waals surface area (Å²) in [7, 11) is 0. The molecule has 0 aliphatic heterocycles. The van der Waals surface area contributed by atoms with Gasteiger partial charge in [0.1, 0.15) is 18.1 Å². The number of carboxylic acids is 1. The Morgan fingerprint density at radius 3 is 2.07 bits per heavy atom. The summed E-state index contributed by atoms with van der Waals surface area (Å²) >= 11 is 0. The van der Waals surface area contributed by atoms with Crippen LogP contribution in [0.5, 0.6) is 0 Å². The number of nitrogens with two attached hydrogens (primary N) is 3. The average Bonchev–Trinajstić information content (AvgIpc) is 2.62. The van der Waals surface area contributed by atoms with Crippen LogP contribution in [0.3, 0.4) is 0 Å². The predicted molar refractivity (Wildman–Crippen MR) is 108 cm³/mol. The summed E-state index contributed by atoms with van der Waals surface area (Å²) < 4.78 is 0. The molecule has 0 heterocycles. The molecule has 0 radical (unpaired) electrons. The van der Waals surface area contributed by atoms with Crippen LogP contribution in [0.25, 0.3) is 0 Å². The maximum absolute atomic E-state index is 12.4. The zero-order chi connectivity index (χ0) is 22.6. The van der Waals surface area contributed by atoms with Crippen molar-refractivity contribution < 1.29 is 24.3 Å². The van der Waals surface area contributed by atoms with Gasteiger partial charge < -0.3 is 38.3 Å². The van der Waals surface area contributed by atoms with Crippen molar-refractivity contribution in [2.24, 2.45) is 28.1 Å². The van der Waals surface area contributed by atoms with Crippen molar-refractivity contribution in [1.29, 1.82) is 0 Å². The summed E-state index contributed by atoms with van der Waals surface area (Å²) in [5, 5.41) is 16.6. The molecular weight excluding hydrogens is 382 g/mol. The maximum atomic E-state index is 12.4. The molecule has 29 heavy (non-hydrogen) atoms. The molecule has 0 aromatic rings. The van der Waals surface area contributed by atoms with Gasteiger partial charge in [0.15, 0.2) is 5.96 Å². The number of aliphatic imine (C=N–C) groups is 1. The number of nitrogens with one attached hydrogen (secondary N) is 3. The van der Waals surface area contributed by atoms with Crippen LogP contribution in [-0.2, 0) is 19.2 Å². The Balaban J connectivity index is 4.83. The Bertz CT molecular complexity index is 605. The normalized spacial score (nSPS) is 13.7. The minimum atomic E-state index is -1.21. The number of aliphatic carboxylic acids is 1. The number of carbonyl (C=O) groups excluding carboxylic acids is 3. The van der Waals surface area contributed by atoms with E-state index in [1.54, 1.807) is 0 Å². The van der Waals surface area contributed by atoms with Gasteiger partial charge in [0, 0.05) is 6.54 Å². The molecule has 0 rings (SSSR count). The molecular formula is C17H33N7O5. The molecule has 166 valence electrons. The zero-order valence-corrected chi connectivity index (χ0v) is 17.1. The first-order chi connectivity index (χ1) is 13.5. The molecule has 12 nitrogen and oxygen atoms in total. The number of guanidine groups is 1. The number of amides is 3. The summed E-state index contributed by atoms with van der Waals surface area (Å²) in [4.78, 5) is 51.4. The third-order valence-electron chi connectivity index (χ3n) is 3.86. The molecule has 0 saturated carbocycles. The molecule has 12 heteroatoms. The molecule has 0 fully saturated rings. The van der Waals surface area contributed by atoms with E-state index in [9.17, 15) is 24.3 Å². The van der Waals surface area contributed by atoms with Gasteiger partial charge in [-0.3, -0.25) is 19.4 Å². The second-order valence-electron chi connectivity index (χ2n) is 7.03. The van der Waals surface area contributed by atoms with Gasteiger partial charge in [-0.2, -0.15) is 0 Å². The molecule has 0 aliphatic carbocycles. The molecule has 10 N–H and O–H groups in total. The lowest BCUT2D eigenvalue weighted by Crippen LogP contribution is -2.55. The van der Waals surface area contributed by atoms with Crippen LogP contribution in [0.15, 0.2) is 4.99 Å². The van der Waals surface area contributed by atoms with E-state index in [1.807, 2.05) is 13.8 Å². The number of nitrogens with zero attached hydrogens (tertiary/aromatic N) is 1. The largest absolute Gasteiger partial charge is 0.480 e. The third-order valence-corrected chi connectivity index (χ3v) is 3.86. The highest BCUT2D eigenvalue weighted by molar-refractivity contribution is 5.93. The van der Waals surface area contributed by atoms with Crippen LogP contribution in [0.1, 0.15) is 40.0 Å². The van der Waals surface area contributed by atoms with Crippen molar-refractivity contribution in [3.05, 3.63) is 0 Å². The highest BCUT2D eigenvalue weighted by Gasteiger charge is 2.27. The zero-order valence-electron chi connectivity index (χ0n) is 17.1. The van der Waals surface area contributed by atoms with Gasteiger partial charge in [0.05, 0.1) is 6.54 Å². The van der Waals surface area contributed by atoms with Crippen LogP contribution < -0.4 is 33.2 Å². The minimum absolute atomic E-state index is 0.102. The lowest BCUT2D eigenvalue weighted by molar-refractivity contribution is -0.142. The Morgan fingerprint density at radius 1 is 0.966 bits per heavy atom. The Kier molecular flexibility index (Phi) is 12.0. The van der Waals surface area contributed by atoms with E-state index in [0.29, 0.717) is 12.8 Å². The van der Waals surface area contributed by atoms with Gasteiger partial charge in [-0.25, -0.2) is 4.79 Å². The highest BCUT2D eigenvalue weighted by atomic mass is 16.4. The summed E-state index contributed by atoms with van der Waals surface area (Å²) in [5.74, 6) is -2.92. The predicted octanol–water partition coefficient (Wildman–Crippen LogP) is -2.40. The minimum Gasteiger partial charge on any atom is -0.480 e. The quantitative estimate of drug-likeness (QED) is 0.0975. The molecule has 0 aromatic carbocycles. The van der Waals surface area contributed by atoms with Crippen LogP contribution in [0.2, 0.25) is 0 Å². The number of hydrogen-bond acceptors (Lipinski definition) is 6.